The lowest BCUT2D eigenvalue weighted by Crippen LogP contribution is -2.58. The van der Waals surface area contributed by atoms with E-state index in [1.54, 1.807) is 0 Å². The molecule has 0 aromatic rings. The monoisotopic (exact) mass is 340 g/mol. The fourth-order valence-corrected chi connectivity index (χ4v) is 5.40. The first-order valence-corrected chi connectivity index (χ1v) is 9.53. The first-order valence-electron chi connectivity index (χ1n) is 9.10. The molecule has 0 aromatic heterocycles. The third kappa shape index (κ3) is 2.67. The zero-order valence-electron chi connectivity index (χ0n) is 13.7. The maximum Gasteiger partial charge on any atom is 0.322 e. The SMILES string of the molecule is C[C@H]1C=C2CC(C1)N2C(=O)NC1CCC(Cl)C(C2(F)CCC2)C1. The Balaban J connectivity index is 1.38. The summed E-state index contributed by atoms with van der Waals surface area (Å²) in [6.07, 6.45) is 8.89. The van der Waals surface area contributed by atoms with E-state index in [0.717, 1.165) is 37.8 Å². The van der Waals surface area contributed by atoms with Crippen molar-refractivity contribution < 1.29 is 9.18 Å². The highest BCUT2D eigenvalue weighted by Gasteiger charge is 2.50. The normalized spacial score (nSPS) is 41.4. The summed E-state index contributed by atoms with van der Waals surface area (Å²) >= 11 is 6.40. The van der Waals surface area contributed by atoms with Gasteiger partial charge in [0.1, 0.15) is 5.67 Å². The van der Waals surface area contributed by atoms with E-state index in [4.69, 9.17) is 11.6 Å². The fourth-order valence-electron chi connectivity index (χ4n) is 4.94. The summed E-state index contributed by atoms with van der Waals surface area (Å²) < 4.78 is 14.8. The molecule has 0 radical (unpaired) electrons. The van der Waals surface area contributed by atoms with E-state index in [9.17, 15) is 9.18 Å². The maximum absolute atomic E-state index is 14.8. The average Bonchev–Trinajstić information content (AvgIpc) is 2.46. The van der Waals surface area contributed by atoms with Gasteiger partial charge in [-0.2, -0.15) is 0 Å². The molecule has 4 unspecified atom stereocenters. The number of nitrogens with zero attached hydrogens (tertiary/aromatic N) is 1. The van der Waals surface area contributed by atoms with Gasteiger partial charge in [0, 0.05) is 35.5 Å². The number of urea groups is 1. The molecular formula is C18H26ClFN2O. The van der Waals surface area contributed by atoms with Crippen molar-refractivity contribution in [2.75, 3.05) is 0 Å². The molecule has 0 spiro atoms. The van der Waals surface area contributed by atoms with Gasteiger partial charge in [-0.25, -0.2) is 9.18 Å². The molecule has 3 fully saturated rings. The second-order valence-electron chi connectivity index (χ2n) is 8.07. The van der Waals surface area contributed by atoms with Crippen molar-refractivity contribution in [3.8, 4) is 0 Å². The molecule has 2 saturated carbocycles. The van der Waals surface area contributed by atoms with Gasteiger partial charge in [0.25, 0.3) is 0 Å². The highest BCUT2D eigenvalue weighted by molar-refractivity contribution is 6.20. The summed E-state index contributed by atoms with van der Waals surface area (Å²) in [7, 11) is 0. The van der Waals surface area contributed by atoms with Gasteiger partial charge in [-0.1, -0.05) is 13.0 Å². The molecule has 5 atom stereocenters. The Morgan fingerprint density at radius 2 is 2.17 bits per heavy atom. The van der Waals surface area contributed by atoms with Crippen molar-refractivity contribution in [1.82, 2.24) is 10.2 Å². The average molecular weight is 341 g/mol. The number of amides is 2. The second-order valence-corrected chi connectivity index (χ2v) is 8.63. The van der Waals surface area contributed by atoms with Gasteiger partial charge >= 0.3 is 6.03 Å². The molecule has 5 aliphatic rings. The number of rotatable bonds is 2. The molecule has 2 aliphatic heterocycles. The Bertz CT molecular complexity index is 533. The highest BCUT2D eigenvalue weighted by Crippen LogP contribution is 2.49. The predicted molar refractivity (Wildman–Crippen MR) is 89.1 cm³/mol. The Kier molecular flexibility index (Phi) is 3.86. The number of halogens is 2. The van der Waals surface area contributed by atoms with Crippen LogP contribution in [0.15, 0.2) is 11.8 Å². The minimum atomic E-state index is -1.08. The molecule has 1 saturated heterocycles. The molecule has 2 heterocycles. The number of carbonyl (C=O) groups excluding carboxylic acids is 1. The molecule has 23 heavy (non-hydrogen) atoms. The van der Waals surface area contributed by atoms with Gasteiger partial charge in [-0.3, -0.25) is 4.90 Å². The van der Waals surface area contributed by atoms with Crippen LogP contribution in [-0.4, -0.2) is 34.1 Å². The molecule has 1 N–H and O–H groups in total. The predicted octanol–water partition coefficient (Wildman–Crippen LogP) is 4.36. The zero-order chi connectivity index (χ0) is 16.2. The fraction of sp³-hybridized carbons (Fsp3) is 0.833. The molecule has 5 rings (SSSR count). The van der Waals surface area contributed by atoms with Gasteiger partial charge < -0.3 is 5.32 Å². The minimum Gasteiger partial charge on any atom is -0.335 e. The number of carbonyl (C=O) groups is 1. The van der Waals surface area contributed by atoms with Crippen molar-refractivity contribution in [3.63, 3.8) is 0 Å². The van der Waals surface area contributed by atoms with E-state index < -0.39 is 5.67 Å². The number of alkyl halides is 2. The van der Waals surface area contributed by atoms with Crippen molar-refractivity contribution >= 4 is 17.6 Å². The van der Waals surface area contributed by atoms with Crippen LogP contribution in [0.5, 0.6) is 0 Å². The standard InChI is InChI=1S/C18H26ClFN2O/c1-11-7-13-10-14(8-11)22(13)17(23)21-12-3-4-16(19)15(9-12)18(20)5-2-6-18/h7,11-12,14-16H,2-6,8-10H2,1H3,(H,21,23)/t11-,12?,14?,15?,16?/m0/s1. The van der Waals surface area contributed by atoms with E-state index in [2.05, 4.69) is 18.3 Å². The van der Waals surface area contributed by atoms with E-state index in [1.165, 1.54) is 0 Å². The first-order chi connectivity index (χ1) is 11.0. The summed E-state index contributed by atoms with van der Waals surface area (Å²) in [4.78, 5) is 14.5. The van der Waals surface area contributed by atoms with Crippen LogP contribution in [0.4, 0.5) is 9.18 Å². The van der Waals surface area contributed by atoms with Crippen LogP contribution in [0, 0.1) is 11.8 Å². The lowest BCUT2D eigenvalue weighted by Gasteiger charge is -2.50. The number of hydrogen-bond donors (Lipinski definition) is 1. The zero-order valence-corrected chi connectivity index (χ0v) is 14.5. The summed E-state index contributed by atoms with van der Waals surface area (Å²) in [6.45, 7) is 2.20. The molecule has 5 heteroatoms. The van der Waals surface area contributed by atoms with E-state index in [-0.39, 0.29) is 23.4 Å². The van der Waals surface area contributed by atoms with Crippen LogP contribution < -0.4 is 5.32 Å². The smallest absolute Gasteiger partial charge is 0.322 e. The third-order valence-electron chi connectivity index (χ3n) is 6.40. The van der Waals surface area contributed by atoms with Crippen LogP contribution >= 0.6 is 11.6 Å². The van der Waals surface area contributed by atoms with Crippen LogP contribution in [0.3, 0.4) is 0 Å². The van der Waals surface area contributed by atoms with Crippen molar-refractivity contribution in [2.45, 2.75) is 81.4 Å². The first kappa shape index (κ1) is 15.7. The molecule has 2 bridgehead atoms. The van der Waals surface area contributed by atoms with E-state index >= 15 is 0 Å². The van der Waals surface area contributed by atoms with E-state index in [0.29, 0.717) is 31.2 Å². The van der Waals surface area contributed by atoms with Gasteiger partial charge in [-0.05, 0) is 50.9 Å². The van der Waals surface area contributed by atoms with E-state index in [1.807, 2.05) is 4.90 Å². The van der Waals surface area contributed by atoms with Gasteiger partial charge in [0.2, 0.25) is 0 Å². The maximum atomic E-state index is 14.8. The molecule has 128 valence electrons. The number of hydrogen-bond acceptors (Lipinski definition) is 1. The lowest BCUT2D eigenvalue weighted by molar-refractivity contribution is -0.0196. The van der Waals surface area contributed by atoms with Gasteiger partial charge in [0.15, 0.2) is 0 Å². The van der Waals surface area contributed by atoms with Crippen molar-refractivity contribution in [2.24, 2.45) is 11.8 Å². The van der Waals surface area contributed by atoms with Gasteiger partial charge in [0.05, 0.1) is 0 Å². The summed E-state index contributed by atoms with van der Waals surface area (Å²) in [5.41, 5.74) is 0.0795. The summed E-state index contributed by atoms with van der Waals surface area (Å²) in [5, 5.41) is 3.07. The minimum absolute atomic E-state index is 0.0118. The van der Waals surface area contributed by atoms with Crippen LogP contribution in [-0.2, 0) is 0 Å². The van der Waals surface area contributed by atoms with Gasteiger partial charge in [-0.15, -0.1) is 11.6 Å². The van der Waals surface area contributed by atoms with Crippen LogP contribution in [0.25, 0.3) is 0 Å². The Hall–Kier alpha value is -0.770. The Labute approximate surface area is 142 Å². The highest BCUT2D eigenvalue weighted by atomic mass is 35.5. The largest absolute Gasteiger partial charge is 0.335 e. The van der Waals surface area contributed by atoms with Crippen LogP contribution in [0.1, 0.15) is 58.3 Å². The van der Waals surface area contributed by atoms with Crippen molar-refractivity contribution in [1.29, 1.82) is 0 Å². The molecule has 2 amide bonds. The summed E-state index contributed by atoms with van der Waals surface area (Å²) in [6, 6.07) is 0.442. The van der Waals surface area contributed by atoms with Crippen LogP contribution in [0.2, 0.25) is 0 Å². The third-order valence-corrected chi connectivity index (χ3v) is 6.92. The molecule has 0 aromatic carbocycles. The van der Waals surface area contributed by atoms with Crippen molar-refractivity contribution in [3.05, 3.63) is 11.8 Å². The number of nitrogens with one attached hydrogen (secondary N) is 1. The number of allylic oxidation sites excluding steroid dienone is 1. The number of fused-ring (bicyclic) bond motifs is 2. The Morgan fingerprint density at radius 3 is 2.78 bits per heavy atom. The Morgan fingerprint density at radius 1 is 1.39 bits per heavy atom. The summed E-state index contributed by atoms with van der Waals surface area (Å²) in [5.74, 6) is 0.473. The molecular weight excluding hydrogens is 315 g/mol. The quantitative estimate of drug-likeness (QED) is 0.744. The molecule has 3 nitrogen and oxygen atoms in total. The topological polar surface area (TPSA) is 32.3 Å². The lowest BCUT2D eigenvalue weighted by atomic mass is 9.66. The second kappa shape index (κ2) is 5.65. The molecule has 3 aliphatic carbocycles.